The van der Waals surface area contributed by atoms with E-state index in [0.29, 0.717) is 12.2 Å². The molecular formula is C22H24N4O3. The molecule has 0 aliphatic carbocycles. The summed E-state index contributed by atoms with van der Waals surface area (Å²) < 4.78 is 2.18. The van der Waals surface area contributed by atoms with E-state index in [1.165, 1.54) is 0 Å². The first-order valence-electron chi connectivity index (χ1n) is 9.47. The molecule has 0 bridgehead atoms. The summed E-state index contributed by atoms with van der Waals surface area (Å²) in [4.78, 5) is 38.5. The Labute approximate surface area is 168 Å². The van der Waals surface area contributed by atoms with Crippen LogP contribution >= 0.6 is 0 Å². The number of rotatable bonds is 5. The topological polar surface area (TPSA) is 86.0 Å². The molecule has 0 saturated carbocycles. The molecule has 0 aliphatic rings. The summed E-state index contributed by atoms with van der Waals surface area (Å²) in [7, 11) is 0. The highest BCUT2D eigenvalue weighted by Gasteiger charge is 2.20. The van der Waals surface area contributed by atoms with Crippen LogP contribution in [0.2, 0.25) is 0 Å². The van der Waals surface area contributed by atoms with Crippen LogP contribution in [0.3, 0.4) is 0 Å². The highest BCUT2D eigenvalue weighted by Crippen LogP contribution is 2.12. The maximum Gasteiger partial charge on any atom is 0.352 e. The number of nitrogens with one attached hydrogen (secondary N) is 1. The molecule has 7 heteroatoms. The number of aromatic nitrogens is 3. The van der Waals surface area contributed by atoms with Crippen molar-refractivity contribution in [2.24, 2.45) is 0 Å². The van der Waals surface area contributed by atoms with Gasteiger partial charge in [-0.15, -0.1) is 0 Å². The monoisotopic (exact) mass is 392 g/mol. The lowest BCUT2D eigenvalue weighted by Gasteiger charge is -2.13. The van der Waals surface area contributed by atoms with Crippen LogP contribution < -0.4 is 16.6 Å². The van der Waals surface area contributed by atoms with Gasteiger partial charge in [0.25, 0.3) is 11.5 Å². The van der Waals surface area contributed by atoms with Crippen molar-refractivity contribution >= 4 is 5.91 Å². The zero-order valence-electron chi connectivity index (χ0n) is 17.0. The predicted octanol–water partition coefficient (Wildman–Crippen LogP) is 2.12. The lowest BCUT2D eigenvalue weighted by molar-refractivity contribution is 0.0946. The first kappa shape index (κ1) is 20.3. The number of hydrogen-bond acceptors (Lipinski definition) is 4. The van der Waals surface area contributed by atoms with Gasteiger partial charge in [-0.2, -0.15) is 9.78 Å². The van der Waals surface area contributed by atoms with Crippen molar-refractivity contribution in [3.05, 3.63) is 91.3 Å². The number of aryl methyl sites for hydroxylation is 3. The van der Waals surface area contributed by atoms with Gasteiger partial charge in [-0.1, -0.05) is 35.9 Å². The van der Waals surface area contributed by atoms with Crippen molar-refractivity contribution in [2.75, 3.05) is 6.54 Å². The summed E-state index contributed by atoms with van der Waals surface area (Å²) in [6, 6.07) is 13.0. The second-order valence-electron chi connectivity index (χ2n) is 7.05. The Kier molecular flexibility index (Phi) is 5.77. The van der Waals surface area contributed by atoms with Crippen LogP contribution in [-0.4, -0.2) is 26.8 Å². The first-order valence-corrected chi connectivity index (χ1v) is 9.47. The van der Waals surface area contributed by atoms with Crippen LogP contribution in [-0.2, 0) is 6.54 Å². The number of carbonyl (C=O) groups excluding carboxylic acids is 1. The maximum absolute atomic E-state index is 13.1. The number of nitrogens with zero attached hydrogens (tertiary/aromatic N) is 3. The molecule has 0 atom stereocenters. The summed E-state index contributed by atoms with van der Waals surface area (Å²) in [5.74, 6) is -0.604. The summed E-state index contributed by atoms with van der Waals surface area (Å²) in [6.07, 6.45) is 0. The summed E-state index contributed by atoms with van der Waals surface area (Å²) in [6.45, 7) is 7.99. The van der Waals surface area contributed by atoms with Gasteiger partial charge in [0.15, 0.2) is 0 Å². The summed E-state index contributed by atoms with van der Waals surface area (Å²) in [5.41, 5.74) is 2.76. The van der Waals surface area contributed by atoms with Crippen molar-refractivity contribution in [2.45, 2.75) is 34.2 Å². The van der Waals surface area contributed by atoms with Crippen molar-refractivity contribution in [3.63, 3.8) is 0 Å². The molecule has 0 fully saturated rings. The van der Waals surface area contributed by atoms with Crippen LogP contribution in [0.25, 0.3) is 5.69 Å². The summed E-state index contributed by atoms with van der Waals surface area (Å²) in [5, 5.41) is 6.70. The molecule has 0 saturated heterocycles. The third-order valence-corrected chi connectivity index (χ3v) is 4.77. The van der Waals surface area contributed by atoms with Gasteiger partial charge in [-0.3, -0.25) is 14.2 Å². The van der Waals surface area contributed by atoms with Gasteiger partial charge in [0.1, 0.15) is 0 Å². The maximum atomic E-state index is 13.1. The highest BCUT2D eigenvalue weighted by molar-refractivity contribution is 5.91. The number of hydrogen-bond donors (Lipinski definition) is 1. The van der Waals surface area contributed by atoms with Crippen LogP contribution in [0.15, 0.2) is 52.1 Å². The molecule has 0 spiro atoms. The molecule has 3 rings (SSSR count). The Bertz CT molecular complexity index is 1190. The van der Waals surface area contributed by atoms with E-state index in [1.807, 2.05) is 57.2 Å². The number of amides is 1. The normalized spacial score (nSPS) is 10.8. The average molecular weight is 392 g/mol. The quantitative estimate of drug-likeness (QED) is 0.721. The second-order valence-corrected chi connectivity index (χ2v) is 7.05. The summed E-state index contributed by atoms with van der Waals surface area (Å²) >= 11 is 0. The van der Waals surface area contributed by atoms with Crippen molar-refractivity contribution in [1.29, 1.82) is 0 Å². The zero-order valence-corrected chi connectivity index (χ0v) is 17.0. The third kappa shape index (κ3) is 4.18. The molecule has 0 unspecified atom stereocenters. The molecule has 1 amide bonds. The van der Waals surface area contributed by atoms with E-state index in [1.54, 1.807) is 13.0 Å². The molecule has 1 N–H and O–H groups in total. The van der Waals surface area contributed by atoms with E-state index in [9.17, 15) is 14.4 Å². The van der Waals surface area contributed by atoms with Crippen molar-refractivity contribution in [3.8, 4) is 5.69 Å². The minimum atomic E-state index is -0.706. The van der Waals surface area contributed by atoms with Gasteiger partial charge < -0.3 is 5.32 Å². The van der Waals surface area contributed by atoms with Gasteiger partial charge in [0, 0.05) is 6.54 Å². The largest absolute Gasteiger partial charge is 0.352 e. The van der Waals surface area contributed by atoms with Gasteiger partial charge in [0.2, 0.25) is 5.69 Å². The second kappa shape index (κ2) is 8.26. The fraction of sp³-hybridized carbons (Fsp3) is 0.273. The van der Waals surface area contributed by atoms with E-state index in [0.717, 1.165) is 31.5 Å². The minimum absolute atomic E-state index is 0.0547. The molecule has 150 valence electrons. The number of carbonyl (C=O) groups is 1. The lowest BCUT2D eigenvalue weighted by Crippen LogP contribution is -2.46. The zero-order chi connectivity index (χ0) is 21.1. The lowest BCUT2D eigenvalue weighted by atomic mass is 10.1. The van der Waals surface area contributed by atoms with E-state index in [-0.39, 0.29) is 12.2 Å². The van der Waals surface area contributed by atoms with Gasteiger partial charge in [-0.05, 0) is 56.5 Å². The fourth-order valence-corrected chi connectivity index (χ4v) is 3.06. The molecule has 0 radical (unpaired) electrons. The van der Waals surface area contributed by atoms with E-state index in [4.69, 9.17) is 0 Å². The van der Waals surface area contributed by atoms with Crippen molar-refractivity contribution in [1.82, 2.24) is 19.7 Å². The van der Waals surface area contributed by atoms with E-state index >= 15 is 0 Å². The molecule has 1 aromatic heterocycles. The van der Waals surface area contributed by atoms with Crippen LogP contribution in [0.4, 0.5) is 0 Å². The van der Waals surface area contributed by atoms with E-state index in [2.05, 4.69) is 10.4 Å². The van der Waals surface area contributed by atoms with Gasteiger partial charge in [-0.25, -0.2) is 4.79 Å². The van der Waals surface area contributed by atoms with Crippen molar-refractivity contribution < 1.29 is 4.79 Å². The first-order chi connectivity index (χ1) is 13.8. The molecule has 2 aromatic carbocycles. The van der Waals surface area contributed by atoms with E-state index < -0.39 is 17.2 Å². The fourth-order valence-electron chi connectivity index (χ4n) is 3.06. The Morgan fingerprint density at radius 2 is 1.79 bits per heavy atom. The van der Waals surface area contributed by atoms with Crippen LogP contribution in [0.1, 0.15) is 39.7 Å². The average Bonchev–Trinajstić information content (AvgIpc) is 2.68. The number of benzene rings is 2. The Morgan fingerprint density at radius 1 is 1.03 bits per heavy atom. The highest BCUT2D eigenvalue weighted by atomic mass is 16.2. The molecular weight excluding hydrogens is 368 g/mol. The molecule has 0 aliphatic heterocycles. The van der Waals surface area contributed by atoms with Crippen LogP contribution in [0.5, 0.6) is 0 Å². The standard InChI is InChI=1S/C22H24N4O3/c1-5-23-20(27)19-21(28)25(13-17-8-6-7-14(2)11-17)22(29)26(24-19)18-10-9-15(3)16(4)12-18/h6-12H,5,13H2,1-4H3,(H,23,27). The SMILES string of the molecule is CCNC(=O)c1nn(-c2ccc(C)c(C)c2)c(=O)n(Cc2cccc(C)c2)c1=O. The predicted molar refractivity (Wildman–Crippen MR) is 112 cm³/mol. The smallest absolute Gasteiger partial charge is 0.351 e. The van der Waals surface area contributed by atoms with Gasteiger partial charge in [0.05, 0.1) is 12.2 Å². The molecule has 7 nitrogen and oxygen atoms in total. The third-order valence-electron chi connectivity index (χ3n) is 4.77. The Balaban J connectivity index is 2.24. The Hall–Kier alpha value is -3.48. The van der Waals surface area contributed by atoms with Gasteiger partial charge >= 0.3 is 5.69 Å². The molecule has 1 heterocycles. The van der Waals surface area contributed by atoms with Crippen LogP contribution in [0, 0.1) is 20.8 Å². The molecule has 3 aromatic rings. The Morgan fingerprint density at radius 3 is 2.45 bits per heavy atom. The molecule has 29 heavy (non-hydrogen) atoms. The minimum Gasteiger partial charge on any atom is -0.351 e.